The van der Waals surface area contributed by atoms with Crippen LogP contribution >= 0.6 is 22.6 Å². The standard InChI is InChI=1S/C13H7FIN3O2/c14-8-6-16-11-10(9(8)15)17-13(18-11)20-12(19)7-4-2-1-3-5-7/h1-6H,(H,16,17,18). The molecule has 5 nitrogen and oxygen atoms in total. The monoisotopic (exact) mass is 383 g/mol. The zero-order valence-corrected chi connectivity index (χ0v) is 12.1. The van der Waals surface area contributed by atoms with Crippen molar-refractivity contribution in [1.82, 2.24) is 15.0 Å². The molecule has 20 heavy (non-hydrogen) atoms. The highest BCUT2D eigenvalue weighted by Gasteiger charge is 2.15. The summed E-state index contributed by atoms with van der Waals surface area (Å²) in [6.45, 7) is 0. The van der Waals surface area contributed by atoms with Gasteiger partial charge >= 0.3 is 12.0 Å². The van der Waals surface area contributed by atoms with Crippen LogP contribution in [0.25, 0.3) is 11.2 Å². The van der Waals surface area contributed by atoms with Crippen LogP contribution in [0, 0.1) is 9.39 Å². The van der Waals surface area contributed by atoms with E-state index in [0.717, 1.165) is 6.20 Å². The van der Waals surface area contributed by atoms with E-state index in [4.69, 9.17) is 4.74 Å². The maximum atomic E-state index is 13.4. The van der Waals surface area contributed by atoms with Gasteiger partial charge in [-0.1, -0.05) is 18.2 Å². The minimum absolute atomic E-state index is 0.00938. The summed E-state index contributed by atoms with van der Waals surface area (Å²) in [5.74, 6) is -1.01. The number of rotatable bonds is 2. The number of aromatic amines is 1. The Morgan fingerprint density at radius 1 is 1.30 bits per heavy atom. The second-order valence-corrected chi connectivity index (χ2v) is 4.99. The summed E-state index contributed by atoms with van der Waals surface area (Å²) in [5, 5.41) is 0. The van der Waals surface area contributed by atoms with E-state index < -0.39 is 11.8 Å². The molecule has 100 valence electrons. The number of aromatic nitrogens is 3. The number of esters is 1. The lowest BCUT2D eigenvalue weighted by atomic mass is 10.2. The van der Waals surface area contributed by atoms with Crippen LogP contribution in [0.4, 0.5) is 4.39 Å². The van der Waals surface area contributed by atoms with E-state index >= 15 is 0 Å². The molecule has 0 radical (unpaired) electrons. The Morgan fingerprint density at radius 2 is 2.05 bits per heavy atom. The average Bonchev–Trinajstić information content (AvgIpc) is 2.87. The second-order valence-electron chi connectivity index (χ2n) is 3.91. The van der Waals surface area contributed by atoms with Crippen molar-refractivity contribution in [2.24, 2.45) is 0 Å². The first-order valence-corrected chi connectivity index (χ1v) is 6.70. The van der Waals surface area contributed by atoms with Gasteiger partial charge in [-0.25, -0.2) is 14.2 Å². The van der Waals surface area contributed by atoms with Crippen molar-refractivity contribution in [1.29, 1.82) is 0 Å². The van der Waals surface area contributed by atoms with Crippen molar-refractivity contribution in [2.45, 2.75) is 0 Å². The van der Waals surface area contributed by atoms with Gasteiger partial charge in [0.25, 0.3) is 0 Å². The number of hydrogen-bond donors (Lipinski definition) is 1. The van der Waals surface area contributed by atoms with E-state index in [2.05, 4.69) is 15.0 Å². The summed E-state index contributed by atoms with van der Waals surface area (Å²) in [7, 11) is 0. The Bertz CT molecular complexity index is 789. The number of benzene rings is 1. The predicted molar refractivity (Wildman–Crippen MR) is 78.0 cm³/mol. The van der Waals surface area contributed by atoms with E-state index in [1.165, 1.54) is 0 Å². The number of nitrogens with zero attached hydrogens (tertiary/aromatic N) is 2. The highest BCUT2D eigenvalue weighted by molar-refractivity contribution is 14.1. The summed E-state index contributed by atoms with van der Waals surface area (Å²) in [4.78, 5) is 22.5. The Morgan fingerprint density at radius 3 is 2.80 bits per heavy atom. The van der Waals surface area contributed by atoms with Crippen LogP contribution < -0.4 is 4.74 Å². The third-order valence-electron chi connectivity index (χ3n) is 2.59. The van der Waals surface area contributed by atoms with E-state index in [1.807, 2.05) is 22.6 Å². The third kappa shape index (κ3) is 2.36. The lowest BCUT2D eigenvalue weighted by molar-refractivity contribution is 0.0721. The van der Waals surface area contributed by atoms with Gasteiger partial charge in [0.2, 0.25) is 0 Å². The number of imidazole rings is 1. The molecule has 2 aromatic heterocycles. The normalized spacial score (nSPS) is 10.7. The van der Waals surface area contributed by atoms with Crippen molar-refractivity contribution in [3.63, 3.8) is 0 Å². The minimum atomic E-state index is -0.542. The van der Waals surface area contributed by atoms with Crippen LogP contribution in [0.1, 0.15) is 10.4 Å². The van der Waals surface area contributed by atoms with Crippen molar-refractivity contribution >= 4 is 39.7 Å². The van der Waals surface area contributed by atoms with Crippen LogP contribution in [0.15, 0.2) is 36.5 Å². The van der Waals surface area contributed by atoms with E-state index in [0.29, 0.717) is 20.3 Å². The molecule has 0 fully saturated rings. The summed E-state index contributed by atoms with van der Waals surface area (Å²) in [6, 6.07) is 8.51. The molecule has 0 atom stereocenters. The highest BCUT2D eigenvalue weighted by atomic mass is 127. The number of H-pyrrole nitrogens is 1. The number of fused-ring (bicyclic) bond motifs is 1. The third-order valence-corrected chi connectivity index (χ3v) is 3.61. The number of carbonyl (C=O) groups excluding carboxylic acids is 1. The molecule has 1 N–H and O–H groups in total. The predicted octanol–water partition coefficient (Wildman–Crippen LogP) is 2.92. The molecule has 7 heteroatoms. The molecular weight excluding hydrogens is 376 g/mol. The molecule has 0 aliphatic carbocycles. The fourth-order valence-corrected chi connectivity index (χ4v) is 2.17. The van der Waals surface area contributed by atoms with Crippen molar-refractivity contribution in [3.8, 4) is 6.01 Å². The molecule has 0 aliphatic rings. The lowest BCUT2D eigenvalue weighted by Gasteiger charge is -1.99. The zero-order valence-electron chi connectivity index (χ0n) is 9.93. The first-order chi connectivity index (χ1) is 9.65. The molecule has 0 amide bonds. The van der Waals surface area contributed by atoms with E-state index in [1.54, 1.807) is 30.3 Å². The van der Waals surface area contributed by atoms with Gasteiger partial charge in [-0.3, -0.25) is 4.98 Å². The first-order valence-electron chi connectivity index (χ1n) is 5.62. The molecule has 0 saturated carbocycles. The zero-order chi connectivity index (χ0) is 14.1. The fraction of sp³-hybridized carbons (Fsp3) is 0. The smallest absolute Gasteiger partial charge is 0.345 e. The number of ether oxygens (including phenoxy) is 1. The molecule has 0 unspecified atom stereocenters. The minimum Gasteiger partial charge on any atom is -0.388 e. The lowest BCUT2D eigenvalue weighted by Crippen LogP contribution is -2.08. The number of nitrogens with one attached hydrogen (secondary N) is 1. The van der Waals surface area contributed by atoms with Gasteiger partial charge in [-0.05, 0) is 34.7 Å². The Balaban J connectivity index is 1.92. The summed E-state index contributed by atoms with van der Waals surface area (Å²) >= 11 is 1.82. The number of carbonyl (C=O) groups is 1. The molecular formula is C13H7FIN3O2. The van der Waals surface area contributed by atoms with Crippen LogP contribution in [0.3, 0.4) is 0 Å². The van der Waals surface area contributed by atoms with Crippen molar-refractivity contribution in [3.05, 3.63) is 51.5 Å². The van der Waals surface area contributed by atoms with Crippen LogP contribution in [0.2, 0.25) is 0 Å². The van der Waals surface area contributed by atoms with Gasteiger partial charge in [0.15, 0.2) is 11.5 Å². The molecule has 0 aliphatic heterocycles. The number of pyridine rings is 1. The van der Waals surface area contributed by atoms with Crippen molar-refractivity contribution in [2.75, 3.05) is 0 Å². The first kappa shape index (κ1) is 13.0. The molecule has 1 aromatic carbocycles. The summed E-state index contributed by atoms with van der Waals surface area (Å²) < 4.78 is 18.8. The second kappa shape index (κ2) is 5.16. The molecule has 0 bridgehead atoms. The fourth-order valence-electron chi connectivity index (χ4n) is 1.65. The van der Waals surface area contributed by atoms with Gasteiger partial charge in [-0.2, -0.15) is 4.98 Å². The summed E-state index contributed by atoms with van der Waals surface area (Å²) in [5.41, 5.74) is 1.11. The molecule has 0 saturated heterocycles. The highest BCUT2D eigenvalue weighted by Crippen LogP contribution is 2.22. The van der Waals surface area contributed by atoms with Gasteiger partial charge in [0.1, 0.15) is 5.52 Å². The van der Waals surface area contributed by atoms with E-state index in [9.17, 15) is 9.18 Å². The van der Waals surface area contributed by atoms with Gasteiger partial charge in [-0.15, -0.1) is 0 Å². The SMILES string of the molecule is O=C(Oc1nc2c(I)c(F)cnc2[nH]1)c1ccccc1. The molecule has 3 rings (SSSR count). The van der Waals surface area contributed by atoms with Crippen LogP contribution in [-0.4, -0.2) is 20.9 Å². The average molecular weight is 383 g/mol. The molecule has 2 heterocycles. The van der Waals surface area contributed by atoms with Gasteiger partial charge < -0.3 is 4.74 Å². The Kier molecular flexibility index (Phi) is 3.35. The summed E-state index contributed by atoms with van der Waals surface area (Å²) in [6.07, 6.45) is 1.09. The Hall–Kier alpha value is -2.03. The maximum Gasteiger partial charge on any atom is 0.345 e. The van der Waals surface area contributed by atoms with Crippen LogP contribution in [-0.2, 0) is 0 Å². The Labute approximate surface area is 126 Å². The van der Waals surface area contributed by atoms with Crippen molar-refractivity contribution < 1.29 is 13.9 Å². The number of hydrogen-bond acceptors (Lipinski definition) is 4. The van der Waals surface area contributed by atoms with Gasteiger partial charge in [0, 0.05) is 0 Å². The largest absolute Gasteiger partial charge is 0.388 e. The number of halogens is 2. The quantitative estimate of drug-likeness (QED) is 0.546. The van der Waals surface area contributed by atoms with E-state index in [-0.39, 0.29) is 6.01 Å². The van der Waals surface area contributed by atoms with Gasteiger partial charge in [0.05, 0.1) is 15.3 Å². The van der Waals surface area contributed by atoms with Crippen LogP contribution in [0.5, 0.6) is 6.01 Å². The maximum absolute atomic E-state index is 13.4. The topological polar surface area (TPSA) is 67.9 Å². The molecule has 3 aromatic rings. The molecule has 0 spiro atoms.